The Hall–Kier alpha value is -2.27. The highest BCUT2D eigenvalue weighted by Gasteiger charge is 2.21. The molecule has 0 saturated carbocycles. The summed E-state index contributed by atoms with van der Waals surface area (Å²) in [6.45, 7) is 0.432. The Kier molecular flexibility index (Phi) is 5.67. The zero-order valence-corrected chi connectivity index (χ0v) is 15.5. The Labute approximate surface area is 161 Å². The summed E-state index contributed by atoms with van der Waals surface area (Å²) in [6, 6.07) is 9.98. The molecule has 0 spiro atoms. The fourth-order valence-corrected chi connectivity index (χ4v) is 3.08. The van der Waals surface area contributed by atoms with Crippen molar-refractivity contribution in [1.82, 2.24) is 0 Å². The number of carbonyl (C=O) groups excluding carboxylic acids is 1. The summed E-state index contributed by atoms with van der Waals surface area (Å²) in [5.74, 6) is 0.278. The number of phenols is 1. The topological polar surface area (TPSA) is 55.8 Å². The number of hydrogen-bond donors (Lipinski definition) is 1. The highest BCUT2D eigenvalue weighted by molar-refractivity contribution is 6.35. The molecule has 134 valence electrons. The van der Waals surface area contributed by atoms with Crippen molar-refractivity contribution >= 4 is 41.1 Å². The smallest absolute Gasteiger partial charge is 0.189 e. The van der Waals surface area contributed by atoms with Gasteiger partial charge in [-0.25, -0.2) is 0 Å². The number of Topliss-reactive ketones (excluding diaryl/α,β-unsaturated/α-hetero) is 1. The standard InChI is InChI=1S/C20H16Cl2O4/c1-25-19-7-12(2-5-18(19)23)6-14-10-26-11-15(20(14)24)8-13-3-4-16(21)9-17(13)22/h2-9,23H,10-11H2,1H3/b14-6+,15-8+. The van der Waals surface area contributed by atoms with Gasteiger partial charge in [-0.3, -0.25) is 4.79 Å². The fourth-order valence-electron chi connectivity index (χ4n) is 2.61. The van der Waals surface area contributed by atoms with E-state index in [4.69, 9.17) is 32.7 Å². The minimum atomic E-state index is -0.102. The molecule has 0 amide bonds. The Balaban J connectivity index is 1.91. The van der Waals surface area contributed by atoms with Gasteiger partial charge in [0.05, 0.1) is 20.3 Å². The summed E-state index contributed by atoms with van der Waals surface area (Å²) in [7, 11) is 1.47. The van der Waals surface area contributed by atoms with E-state index >= 15 is 0 Å². The first-order chi connectivity index (χ1) is 12.5. The van der Waals surface area contributed by atoms with Gasteiger partial charge in [0.2, 0.25) is 0 Å². The van der Waals surface area contributed by atoms with Gasteiger partial charge in [0.15, 0.2) is 17.3 Å². The molecular weight excluding hydrogens is 375 g/mol. The van der Waals surface area contributed by atoms with Crippen molar-refractivity contribution in [3.05, 3.63) is 68.7 Å². The van der Waals surface area contributed by atoms with Crippen LogP contribution in [0.3, 0.4) is 0 Å². The number of benzene rings is 2. The maximum atomic E-state index is 12.8. The molecule has 0 bridgehead atoms. The van der Waals surface area contributed by atoms with Gasteiger partial charge in [0, 0.05) is 21.2 Å². The number of methoxy groups -OCH3 is 1. The van der Waals surface area contributed by atoms with Crippen LogP contribution in [0, 0.1) is 0 Å². The summed E-state index contributed by atoms with van der Waals surface area (Å²) in [4.78, 5) is 12.8. The van der Waals surface area contributed by atoms with Crippen LogP contribution >= 0.6 is 23.2 Å². The molecule has 4 nitrogen and oxygen atoms in total. The van der Waals surface area contributed by atoms with Crippen molar-refractivity contribution in [2.45, 2.75) is 0 Å². The number of hydrogen-bond acceptors (Lipinski definition) is 4. The van der Waals surface area contributed by atoms with Crippen molar-refractivity contribution in [1.29, 1.82) is 0 Å². The molecule has 1 N–H and O–H groups in total. The third-order valence-corrected chi connectivity index (χ3v) is 4.50. The van der Waals surface area contributed by atoms with Crippen LogP contribution in [-0.2, 0) is 9.53 Å². The van der Waals surface area contributed by atoms with Gasteiger partial charge in [0.1, 0.15) is 0 Å². The predicted molar refractivity (Wildman–Crippen MR) is 103 cm³/mol. The van der Waals surface area contributed by atoms with E-state index in [9.17, 15) is 9.90 Å². The van der Waals surface area contributed by atoms with Crippen LogP contribution in [0.5, 0.6) is 11.5 Å². The number of carbonyl (C=O) groups is 1. The van der Waals surface area contributed by atoms with E-state index in [-0.39, 0.29) is 24.7 Å². The van der Waals surface area contributed by atoms with Crippen LogP contribution in [0.2, 0.25) is 10.0 Å². The molecule has 6 heteroatoms. The Morgan fingerprint density at radius 3 is 2.50 bits per heavy atom. The summed E-state index contributed by atoms with van der Waals surface area (Å²) in [5.41, 5.74) is 2.46. The van der Waals surface area contributed by atoms with Crippen LogP contribution in [0.25, 0.3) is 12.2 Å². The first-order valence-corrected chi connectivity index (χ1v) is 8.59. The van der Waals surface area contributed by atoms with Gasteiger partial charge in [-0.15, -0.1) is 0 Å². The molecule has 0 radical (unpaired) electrons. The van der Waals surface area contributed by atoms with Gasteiger partial charge in [-0.1, -0.05) is 35.3 Å². The highest BCUT2D eigenvalue weighted by atomic mass is 35.5. The SMILES string of the molecule is COc1cc(/C=C2\COC/C(=C\c3ccc(Cl)cc3Cl)C2=O)ccc1O. The first kappa shape index (κ1) is 18.5. The zero-order chi connectivity index (χ0) is 18.7. The monoisotopic (exact) mass is 390 g/mol. The molecule has 1 heterocycles. The van der Waals surface area contributed by atoms with E-state index in [2.05, 4.69) is 0 Å². The van der Waals surface area contributed by atoms with E-state index in [1.54, 1.807) is 42.5 Å². The van der Waals surface area contributed by atoms with Crippen molar-refractivity contribution in [3.8, 4) is 11.5 Å². The van der Waals surface area contributed by atoms with E-state index in [1.807, 2.05) is 0 Å². The number of phenolic OH excluding ortho intramolecular Hbond substituents is 1. The van der Waals surface area contributed by atoms with Gasteiger partial charge in [-0.2, -0.15) is 0 Å². The Morgan fingerprint density at radius 1 is 1.08 bits per heavy atom. The Morgan fingerprint density at radius 2 is 1.81 bits per heavy atom. The summed E-state index contributed by atoms with van der Waals surface area (Å²) in [6.07, 6.45) is 3.44. The second-order valence-corrected chi connectivity index (χ2v) is 6.60. The molecule has 0 unspecified atom stereocenters. The molecule has 0 aliphatic carbocycles. The lowest BCUT2D eigenvalue weighted by Gasteiger charge is -2.17. The van der Waals surface area contributed by atoms with Crippen molar-refractivity contribution in [2.75, 3.05) is 20.3 Å². The molecule has 1 saturated heterocycles. The minimum absolute atomic E-state index is 0.0406. The van der Waals surface area contributed by atoms with E-state index < -0.39 is 0 Å². The van der Waals surface area contributed by atoms with E-state index in [1.165, 1.54) is 13.2 Å². The van der Waals surface area contributed by atoms with Crippen molar-refractivity contribution in [3.63, 3.8) is 0 Å². The largest absolute Gasteiger partial charge is 0.504 e. The zero-order valence-electron chi connectivity index (χ0n) is 14.0. The second kappa shape index (κ2) is 7.96. The van der Waals surface area contributed by atoms with Crippen molar-refractivity contribution < 1.29 is 19.4 Å². The molecule has 1 fully saturated rings. The summed E-state index contributed by atoms with van der Waals surface area (Å²) < 4.78 is 10.6. The predicted octanol–water partition coefficient (Wildman–Crippen LogP) is 4.77. The van der Waals surface area contributed by atoms with Gasteiger partial charge >= 0.3 is 0 Å². The highest BCUT2D eigenvalue weighted by Crippen LogP contribution is 2.29. The van der Waals surface area contributed by atoms with E-state index in [0.29, 0.717) is 32.5 Å². The lowest BCUT2D eigenvalue weighted by Crippen LogP contribution is -2.21. The molecule has 2 aromatic carbocycles. The number of ketones is 1. The summed E-state index contributed by atoms with van der Waals surface area (Å²) >= 11 is 12.1. The third kappa shape index (κ3) is 4.10. The molecule has 26 heavy (non-hydrogen) atoms. The lowest BCUT2D eigenvalue weighted by molar-refractivity contribution is -0.114. The van der Waals surface area contributed by atoms with Crippen molar-refractivity contribution in [2.24, 2.45) is 0 Å². The lowest BCUT2D eigenvalue weighted by atomic mass is 9.98. The third-order valence-electron chi connectivity index (χ3n) is 3.94. The maximum absolute atomic E-state index is 12.8. The average Bonchev–Trinajstić information content (AvgIpc) is 2.62. The Bertz CT molecular complexity index is 916. The normalized spacial score (nSPS) is 17.7. The molecular formula is C20H16Cl2O4. The van der Waals surface area contributed by atoms with Gasteiger partial charge in [-0.05, 0) is 47.5 Å². The van der Waals surface area contributed by atoms with Crippen LogP contribution < -0.4 is 4.74 Å². The average molecular weight is 391 g/mol. The number of rotatable bonds is 3. The van der Waals surface area contributed by atoms with Crippen LogP contribution in [-0.4, -0.2) is 31.2 Å². The number of aromatic hydroxyl groups is 1. The van der Waals surface area contributed by atoms with Gasteiger partial charge < -0.3 is 14.6 Å². The molecule has 0 atom stereocenters. The molecule has 3 rings (SSSR count). The minimum Gasteiger partial charge on any atom is -0.504 e. The van der Waals surface area contributed by atoms with Crippen LogP contribution in [0.1, 0.15) is 11.1 Å². The number of halogens is 2. The fraction of sp³-hybridized carbons (Fsp3) is 0.150. The molecule has 2 aromatic rings. The molecule has 1 aliphatic heterocycles. The maximum Gasteiger partial charge on any atom is 0.189 e. The van der Waals surface area contributed by atoms with Crippen LogP contribution in [0.4, 0.5) is 0 Å². The van der Waals surface area contributed by atoms with Gasteiger partial charge in [0.25, 0.3) is 0 Å². The quantitative estimate of drug-likeness (QED) is 0.766. The van der Waals surface area contributed by atoms with E-state index in [0.717, 1.165) is 5.56 Å². The number of ether oxygens (including phenoxy) is 2. The first-order valence-electron chi connectivity index (χ1n) is 7.83. The summed E-state index contributed by atoms with van der Waals surface area (Å²) in [5, 5.41) is 10.7. The molecule has 0 aromatic heterocycles. The molecule has 1 aliphatic rings. The van der Waals surface area contributed by atoms with Crippen LogP contribution in [0.15, 0.2) is 47.5 Å². The second-order valence-electron chi connectivity index (χ2n) is 5.76.